The molecule has 2 heterocycles. The van der Waals surface area contributed by atoms with Crippen LogP contribution in [0.4, 0.5) is 0 Å². The highest BCUT2D eigenvalue weighted by Crippen LogP contribution is 2.32. The topological polar surface area (TPSA) is 50.3 Å². The Morgan fingerprint density at radius 3 is 2.37 bits per heavy atom. The number of sulfonamides is 1. The van der Waals surface area contributed by atoms with Gasteiger partial charge < -0.3 is 0 Å². The summed E-state index contributed by atoms with van der Waals surface area (Å²) in [6, 6.07) is 0. The molecule has 0 aromatic carbocycles. The molecule has 2 rings (SSSR count). The van der Waals surface area contributed by atoms with Gasteiger partial charge in [-0.2, -0.15) is 4.31 Å². The molecule has 0 aliphatic carbocycles. The average molecular weight is 323 g/mol. The summed E-state index contributed by atoms with van der Waals surface area (Å²) < 4.78 is 27.2. The zero-order valence-corrected chi connectivity index (χ0v) is 13.8. The molecule has 0 unspecified atom stereocenters. The van der Waals surface area contributed by atoms with Crippen molar-refractivity contribution < 1.29 is 8.42 Å². The number of piperidine rings is 1. The fourth-order valence-corrected chi connectivity index (χ4v) is 5.83. The molecule has 19 heavy (non-hydrogen) atoms. The van der Waals surface area contributed by atoms with Gasteiger partial charge in [-0.25, -0.2) is 13.4 Å². The van der Waals surface area contributed by atoms with Crippen molar-refractivity contribution in [2.45, 2.75) is 37.8 Å². The fourth-order valence-electron chi connectivity index (χ4n) is 2.49. The Morgan fingerprint density at radius 2 is 1.95 bits per heavy atom. The van der Waals surface area contributed by atoms with E-state index in [4.69, 9.17) is 11.6 Å². The van der Waals surface area contributed by atoms with E-state index in [1.807, 2.05) is 0 Å². The van der Waals surface area contributed by atoms with Gasteiger partial charge in [0.2, 0.25) is 0 Å². The molecular formula is C12H19ClN2O2S2. The molecule has 1 aliphatic rings. The summed E-state index contributed by atoms with van der Waals surface area (Å²) in [5, 5.41) is 0. The smallest absolute Gasteiger partial charge is 0.229 e. The van der Waals surface area contributed by atoms with Gasteiger partial charge >= 0.3 is 0 Å². The van der Waals surface area contributed by atoms with E-state index in [1.165, 1.54) is 0 Å². The van der Waals surface area contributed by atoms with Gasteiger partial charge in [-0.15, -0.1) is 0 Å². The van der Waals surface area contributed by atoms with Crippen molar-refractivity contribution in [2.24, 2.45) is 11.8 Å². The van der Waals surface area contributed by atoms with E-state index in [2.05, 4.69) is 18.8 Å². The van der Waals surface area contributed by atoms with Crippen LogP contribution in [0.15, 0.2) is 4.21 Å². The van der Waals surface area contributed by atoms with Crippen molar-refractivity contribution in [2.75, 3.05) is 13.1 Å². The van der Waals surface area contributed by atoms with E-state index in [0.29, 0.717) is 34.8 Å². The van der Waals surface area contributed by atoms with Crippen LogP contribution < -0.4 is 0 Å². The molecule has 1 aromatic rings. The van der Waals surface area contributed by atoms with Crippen molar-refractivity contribution in [3.05, 3.63) is 10.2 Å². The lowest BCUT2D eigenvalue weighted by molar-refractivity contribution is 0.227. The van der Waals surface area contributed by atoms with Crippen molar-refractivity contribution in [3.63, 3.8) is 0 Å². The number of rotatable bonds is 3. The minimum atomic E-state index is -3.42. The molecule has 108 valence electrons. The Hall–Kier alpha value is -0.170. The highest BCUT2D eigenvalue weighted by molar-refractivity contribution is 7.91. The summed E-state index contributed by atoms with van der Waals surface area (Å²) in [6.45, 7) is 7.28. The first-order valence-corrected chi connectivity index (χ1v) is 9.09. The second kappa shape index (κ2) is 5.68. The van der Waals surface area contributed by atoms with Crippen LogP contribution in [-0.4, -0.2) is 30.8 Å². The second-order valence-corrected chi connectivity index (χ2v) is 9.04. The Balaban J connectivity index is 2.16. The summed E-state index contributed by atoms with van der Waals surface area (Å²) in [6.07, 6.45) is 1.87. The number of halogens is 1. The maximum atomic E-state index is 12.5. The van der Waals surface area contributed by atoms with E-state index < -0.39 is 10.0 Å². The Kier molecular flexibility index (Phi) is 4.55. The van der Waals surface area contributed by atoms with E-state index >= 15 is 0 Å². The van der Waals surface area contributed by atoms with Crippen LogP contribution in [0.2, 0.25) is 4.47 Å². The molecule has 4 nitrogen and oxygen atoms in total. The fraction of sp³-hybridized carbons (Fsp3) is 0.750. The predicted octanol–water partition coefficient (Wildman–Crippen LogP) is 3.16. The summed E-state index contributed by atoms with van der Waals surface area (Å²) in [7, 11) is -3.42. The van der Waals surface area contributed by atoms with E-state index in [-0.39, 0.29) is 4.47 Å². The van der Waals surface area contributed by atoms with Crippen LogP contribution in [-0.2, 0) is 10.0 Å². The maximum absolute atomic E-state index is 12.5. The van der Waals surface area contributed by atoms with E-state index in [1.54, 1.807) is 11.2 Å². The van der Waals surface area contributed by atoms with Gasteiger partial charge in [0, 0.05) is 13.1 Å². The molecule has 0 atom stereocenters. The molecule has 1 fully saturated rings. The summed E-state index contributed by atoms with van der Waals surface area (Å²) in [4.78, 5) is 3.99. The molecule has 0 amide bonds. The maximum Gasteiger partial charge on any atom is 0.254 e. The SMILES string of the molecule is Cc1nc(Cl)sc1S(=O)(=O)N1CCC(C(C)C)CC1. The number of aromatic nitrogens is 1. The van der Waals surface area contributed by atoms with Crippen LogP contribution in [0.1, 0.15) is 32.4 Å². The first kappa shape index (κ1) is 15.2. The summed E-state index contributed by atoms with van der Waals surface area (Å²) in [5.41, 5.74) is 0.501. The number of nitrogens with zero attached hydrogens (tertiary/aromatic N) is 2. The molecule has 0 N–H and O–H groups in total. The number of thiazole rings is 1. The van der Waals surface area contributed by atoms with Gasteiger partial charge in [0.15, 0.2) is 8.68 Å². The second-order valence-electron chi connectivity index (χ2n) is 5.33. The molecule has 7 heteroatoms. The zero-order chi connectivity index (χ0) is 14.2. The molecule has 1 saturated heterocycles. The van der Waals surface area contributed by atoms with Crippen molar-refractivity contribution in [1.82, 2.24) is 9.29 Å². The minimum absolute atomic E-state index is 0.285. The Labute approximate surface area is 123 Å². The lowest BCUT2D eigenvalue weighted by Crippen LogP contribution is -2.39. The van der Waals surface area contributed by atoms with Crippen LogP contribution in [0, 0.1) is 18.8 Å². The highest BCUT2D eigenvalue weighted by Gasteiger charge is 2.32. The van der Waals surface area contributed by atoms with Gasteiger partial charge in [-0.1, -0.05) is 36.8 Å². The van der Waals surface area contributed by atoms with Gasteiger partial charge in [0.1, 0.15) is 0 Å². The van der Waals surface area contributed by atoms with Crippen molar-refractivity contribution >= 4 is 33.0 Å². The Morgan fingerprint density at radius 1 is 1.37 bits per heavy atom. The normalized spacial score (nSPS) is 19.2. The van der Waals surface area contributed by atoms with Crippen molar-refractivity contribution in [3.8, 4) is 0 Å². The van der Waals surface area contributed by atoms with Gasteiger partial charge in [0.25, 0.3) is 10.0 Å². The largest absolute Gasteiger partial charge is 0.254 e. The minimum Gasteiger partial charge on any atom is -0.229 e. The molecule has 1 aliphatic heterocycles. The standard InChI is InChI=1S/C12H19ClN2O2S2/c1-8(2)10-4-6-15(7-5-10)19(16,17)11-9(3)14-12(13)18-11/h8,10H,4-7H2,1-3H3. The first-order chi connectivity index (χ1) is 8.82. The van der Waals surface area contributed by atoms with Gasteiger partial charge in [0.05, 0.1) is 5.69 Å². The molecular weight excluding hydrogens is 304 g/mol. The van der Waals surface area contributed by atoms with Gasteiger partial charge in [-0.3, -0.25) is 0 Å². The third-order valence-corrected chi connectivity index (χ3v) is 7.49. The third-order valence-electron chi connectivity index (χ3n) is 3.74. The number of hydrogen-bond donors (Lipinski definition) is 0. The van der Waals surface area contributed by atoms with E-state index in [9.17, 15) is 8.42 Å². The number of aryl methyl sites for hydroxylation is 1. The molecule has 1 aromatic heterocycles. The van der Waals surface area contributed by atoms with Crippen molar-refractivity contribution in [1.29, 1.82) is 0 Å². The van der Waals surface area contributed by atoms with Gasteiger partial charge in [-0.05, 0) is 31.6 Å². The number of hydrogen-bond acceptors (Lipinski definition) is 4. The molecule has 0 spiro atoms. The molecule has 0 saturated carbocycles. The highest BCUT2D eigenvalue weighted by atomic mass is 35.5. The average Bonchev–Trinajstić information content (AvgIpc) is 2.69. The summed E-state index contributed by atoms with van der Waals surface area (Å²) in [5.74, 6) is 1.24. The predicted molar refractivity (Wildman–Crippen MR) is 78.2 cm³/mol. The van der Waals surface area contributed by atoms with Crippen LogP contribution in [0.5, 0.6) is 0 Å². The lowest BCUT2D eigenvalue weighted by atomic mass is 9.87. The van der Waals surface area contributed by atoms with Crippen LogP contribution in [0.25, 0.3) is 0 Å². The molecule has 0 radical (unpaired) electrons. The third kappa shape index (κ3) is 3.12. The van der Waals surface area contributed by atoms with E-state index in [0.717, 1.165) is 24.2 Å². The van der Waals surface area contributed by atoms with Crippen LogP contribution >= 0.6 is 22.9 Å². The Bertz CT molecular complexity index is 546. The quantitative estimate of drug-likeness (QED) is 0.859. The van der Waals surface area contributed by atoms with Crippen LogP contribution in [0.3, 0.4) is 0 Å². The first-order valence-electron chi connectivity index (χ1n) is 6.45. The summed E-state index contributed by atoms with van der Waals surface area (Å²) >= 11 is 6.85. The molecule has 0 bridgehead atoms. The lowest BCUT2D eigenvalue weighted by Gasteiger charge is -2.32. The zero-order valence-electron chi connectivity index (χ0n) is 11.4. The monoisotopic (exact) mass is 322 g/mol.